The molecule has 1 N–H and O–H groups in total. The average molecular weight is 606 g/mol. The van der Waals surface area contributed by atoms with Crippen molar-refractivity contribution < 1.29 is 5.11 Å². The SMILES string of the molecule is Cn1cc2cccc(-c3cc(-c4ccccc4)cc(-n4nc(-c5cc(C(C)(C)C)cc(C(C)(C)C)c5O)c5ccccc54)n3)c2n1. The molecule has 7 rings (SSSR count). The van der Waals surface area contributed by atoms with E-state index in [1.807, 2.05) is 52.9 Å². The second-order valence-corrected chi connectivity index (χ2v) is 14.2. The highest BCUT2D eigenvalue weighted by atomic mass is 16.3. The highest BCUT2D eigenvalue weighted by Gasteiger charge is 2.28. The minimum absolute atomic E-state index is 0.117. The standard InChI is InChI=1S/C40H39N5O/c1-39(2,3)28-22-31(38(46)32(23-28)40(4,5)6)37-30-17-11-12-19-34(30)45(43-37)35-21-27(25-14-9-8-10-15-25)20-33(41-35)29-18-13-16-26-24-44(7)42-36(26)29/h8-24,46H,1-7H3. The van der Waals surface area contributed by atoms with Gasteiger partial charge in [-0.2, -0.15) is 10.2 Å². The number of hydrogen-bond donors (Lipinski definition) is 1. The summed E-state index contributed by atoms with van der Waals surface area (Å²) in [5.74, 6) is 0.957. The van der Waals surface area contributed by atoms with Crippen molar-refractivity contribution in [2.24, 2.45) is 7.05 Å². The van der Waals surface area contributed by atoms with Crippen LogP contribution >= 0.6 is 0 Å². The van der Waals surface area contributed by atoms with Crippen molar-refractivity contribution >= 4 is 21.8 Å². The van der Waals surface area contributed by atoms with Gasteiger partial charge in [0.15, 0.2) is 5.82 Å². The molecule has 0 aliphatic carbocycles. The lowest BCUT2D eigenvalue weighted by Gasteiger charge is -2.27. The summed E-state index contributed by atoms with van der Waals surface area (Å²) in [6, 6.07) is 33.2. The molecule has 0 aliphatic heterocycles. The Morgan fingerprint density at radius 1 is 0.674 bits per heavy atom. The molecule has 0 bridgehead atoms. The third kappa shape index (κ3) is 5.14. The number of aryl methyl sites for hydroxylation is 1. The van der Waals surface area contributed by atoms with Crippen LogP contribution in [0.25, 0.3) is 61.3 Å². The first-order chi connectivity index (χ1) is 21.9. The lowest BCUT2D eigenvalue weighted by Crippen LogP contribution is -2.17. The Kier molecular flexibility index (Phi) is 6.85. The van der Waals surface area contributed by atoms with Gasteiger partial charge in [0.1, 0.15) is 17.0 Å². The summed E-state index contributed by atoms with van der Waals surface area (Å²) >= 11 is 0. The number of pyridine rings is 1. The van der Waals surface area contributed by atoms with E-state index in [9.17, 15) is 5.11 Å². The maximum Gasteiger partial charge on any atom is 0.155 e. The van der Waals surface area contributed by atoms with Crippen LogP contribution in [0.5, 0.6) is 5.75 Å². The number of benzene rings is 4. The van der Waals surface area contributed by atoms with Crippen molar-refractivity contribution in [2.45, 2.75) is 52.4 Å². The Labute approximate surface area is 270 Å². The fourth-order valence-electron chi connectivity index (χ4n) is 6.19. The molecule has 0 unspecified atom stereocenters. The zero-order valence-electron chi connectivity index (χ0n) is 27.5. The molecule has 0 saturated carbocycles. The Hall–Kier alpha value is -5.23. The number of phenolic OH excluding ortho intramolecular Hbond substituents is 1. The zero-order valence-corrected chi connectivity index (χ0v) is 27.5. The predicted octanol–water partition coefficient (Wildman–Crippen LogP) is 9.61. The molecule has 0 spiro atoms. The van der Waals surface area contributed by atoms with Gasteiger partial charge in [-0.3, -0.25) is 4.68 Å². The minimum Gasteiger partial charge on any atom is -0.507 e. The van der Waals surface area contributed by atoms with Gasteiger partial charge < -0.3 is 5.11 Å². The predicted molar refractivity (Wildman–Crippen MR) is 189 cm³/mol. The van der Waals surface area contributed by atoms with Crippen molar-refractivity contribution in [3.05, 3.63) is 114 Å². The van der Waals surface area contributed by atoms with E-state index in [4.69, 9.17) is 15.2 Å². The first-order valence-electron chi connectivity index (χ1n) is 15.8. The average Bonchev–Trinajstić information content (AvgIpc) is 3.60. The molecule has 6 heteroatoms. The normalized spacial score (nSPS) is 12.3. The molecular formula is C40H39N5O. The fourth-order valence-corrected chi connectivity index (χ4v) is 6.19. The molecule has 0 amide bonds. The Bertz CT molecular complexity index is 2240. The summed E-state index contributed by atoms with van der Waals surface area (Å²) < 4.78 is 3.76. The lowest BCUT2D eigenvalue weighted by molar-refractivity contribution is 0.446. The summed E-state index contributed by atoms with van der Waals surface area (Å²) in [5.41, 5.74) is 8.84. The van der Waals surface area contributed by atoms with Crippen LogP contribution in [0.4, 0.5) is 0 Å². The summed E-state index contributed by atoms with van der Waals surface area (Å²) in [7, 11) is 1.94. The second kappa shape index (κ2) is 10.7. The first-order valence-corrected chi connectivity index (χ1v) is 15.8. The maximum atomic E-state index is 11.8. The molecular weight excluding hydrogens is 566 g/mol. The number of nitrogens with zero attached hydrogens (tertiary/aromatic N) is 5. The molecule has 3 aromatic heterocycles. The van der Waals surface area contributed by atoms with Crippen LogP contribution < -0.4 is 0 Å². The van der Waals surface area contributed by atoms with Crippen molar-refractivity contribution in [3.8, 4) is 45.2 Å². The number of aromatic hydroxyl groups is 1. The number of phenols is 1. The molecule has 46 heavy (non-hydrogen) atoms. The van der Waals surface area contributed by atoms with Crippen molar-refractivity contribution in [1.82, 2.24) is 24.5 Å². The summed E-state index contributed by atoms with van der Waals surface area (Å²) in [5, 5.41) is 23.9. The van der Waals surface area contributed by atoms with E-state index >= 15 is 0 Å². The van der Waals surface area contributed by atoms with Gasteiger partial charge in [0, 0.05) is 40.7 Å². The van der Waals surface area contributed by atoms with Gasteiger partial charge in [0.05, 0.1) is 11.2 Å². The number of para-hydroxylation sites is 1. The van der Waals surface area contributed by atoms with Gasteiger partial charge in [0.25, 0.3) is 0 Å². The molecule has 3 heterocycles. The van der Waals surface area contributed by atoms with E-state index in [2.05, 4.69) is 108 Å². The molecule has 0 fully saturated rings. The van der Waals surface area contributed by atoms with E-state index in [0.29, 0.717) is 5.82 Å². The molecule has 4 aromatic carbocycles. The number of fused-ring (bicyclic) bond motifs is 2. The fraction of sp³-hybridized carbons (Fsp3) is 0.225. The molecule has 0 aliphatic rings. The maximum absolute atomic E-state index is 11.8. The van der Waals surface area contributed by atoms with Gasteiger partial charge in [0.2, 0.25) is 0 Å². The van der Waals surface area contributed by atoms with Crippen LogP contribution in [0, 0.1) is 0 Å². The quantitative estimate of drug-likeness (QED) is 0.217. The van der Waals surface area contributed by atoms with Gasteiger partial charge in [-0.05, 0) is 51.8 Å². The summed E-state index contributed by atoms with van der Waals surface area (Å²) in [4.78, 5) is 5.24. The monoisotopic (exact) mass is 605 g/mol. The Morgan fingerprint density at radius 2 is 1.41 bits per heavy atom. The Morgan fingerprint density at radius 3 is 2.15 bits per heavy atom. The molecule has 0 radical (unpaired) electrons. The minimum atomic E-state index is -0.259. The zero-order chi connectivity index (χ0) is 32.4. The highest BCUT2D eigenvalue weighted by Crippen LogP contribution is 2.44. The van der Waals surface area contributed by atoms with Crippen LogP contribution in [0.2, 0.25) is 0 Å². The van der Waals surface area contributed by atoms with Crippen LogP contribution in [-0.2, 0) is 17.9 Å². The van der Waals surface area contributed by atoms with E-state index in [1.165, 1.54) is 0 Å². The lowest BCUT2D eigenvalue weighted by atomic mass is 9.78. The van der Waals surface area contributed by atoms with Crippen LogP contribution in [-0.4, -0.2) is 29.7 Å². The van der Waals surface area contributed by atoms with E-state index < -0.39 is 0 Å². The van der Waals surface area contributed by atoms with E-state index in [1.54, 1.807) is 0 Å². The topological polar surface area (TPSA) is 68.8 Å². The number of aromatic nitrogens is 5. The van der Waals surface area contributed by atoms with Gasteiger partial charge in [-0.25, -0.2) is 9.67 Å². The first kappa shape index (κ1) is 29.5. The molecule has 6 nitrogen and oxygen atoms in total. The molecule has 0 saturated heterocycles. The largest absolute Gasteiger partial charge is 0.507 e. The third-order valence-electron chi connectivity index (χ3n) is 8.69. The summed E-state index contributed by atoms with van der Waals surface area (Å²) in [6.07, 6.45) is 2.03. The summed E-state index contributed by atoms with van der Waals surface area (Å²) in [6.45, 7) is 13.0. The van der Waals surface area contributed by atoms with Gasteiger partial charge in [-0.1, -0.05) is 114 Å². The highest BCUT2D eigenvalue weighted by molar-refractivity contribution is 5.97. The third-order valence-corrected chi connectivity index (χ3v) is 8.69. The molecule has 7 aromatic rings. The molecule has 0 atom stereocenters. The van der Waals surface area contributed by atoms with Gasteiger partial charge in [-0.15, -0.1) is 0 Å². The van der Waals surface area contributed by atoms with Gasteiger partial charge >= 0.3 is 0 Å². The second-order valence-electron chi connectivity index (χ2n) is 14.2. The van der Waals surface area contributed by atoms with E-state index in [-0.39, 0.29) is 16.6 Å². The van der Waals surface area contributed by atoms with Crippen molar-refractivity contribution in [2.75, 3.05) is 0 Å². The smallest absolute Gasteiger partial charge is 0.155 e. The molecule has 230 valence electrons. The van der Waals surface area contributed by atoms with Crippen LogP contribution in [0.15, 0.2) is 103 Å². The van der Waals surface area contributed by atoms with Crippen LogP contribution in [0.1, 0.15) is 52.7 Å². The Balaban J connectivity index is 1.51. The number of hydrogen-bond acceptors (Lipinski definition) is 4. The number of rotatable bonds is 4. The van der Waals surface area contributed by atoms with Crippen molar-refractivity contribution in [1.29, 1.82) is 0 Å². The van der Waals surface area contributed by atoms with Crippen molar-refractivity contribution in [3.63, 3.8) is 0 Å². The van der Waals surface area contributed by atoms with E-state index in [0.717, 1.165) is 66.6 Å². The van der Waals surface area contributed by atoms with Crippen LogP contribution in [0.3, 0.4) is 0 Å².